The Balaban J connectivity index is 2.32. The van der Waals surface area contributed by atoms with E-state index in [1.165, 1.54) is 10.6 Å². The van der Waals surface area contributed by atoms with Crippen molar-refractivity contribution in [2.75, 3.05) is 23.7 Å². The van der Waals surface area contributed by atoms with Crippen LogP contribution in [0.25, 0.3) is 0 Å². The van der Waals surface area contributed by atoms with E-state index in [1.807, 2.05) is 17.9 Å². The van der Waals surface area contributed by atoms with E-state index in [1.54, 1.807) is 24.3 Å². The van der Waals surface area contributed by atoms with Crippen LogP contribution in [0.4, 0.5) is 5.69 Å². The average Bonchev–Trinajstić information content (AvgIpc) is 2.80. The number of para-hydroxylation sites is 1. The van der Waals surface area contributed by atoms with E-state index in [0.29, 0.717) is 12.1 Å². The molecule has 2 rings (SSSR count). The molecule has 1 aliphatic heterocycles. The van der Waals surface area contributed by atoms with Crippen molar-refractivity contribution in [3.63, 3.8) is 0 Å². The Kier molecular flexibility index (Phi) is 6.04. The summed E-state index contributed by atoms with van der Waals surface area (Å²) in [6, 6.07) is 8.21. The normalized spacial score (nSPS) is 17.4. The van der Waals surface area contributed by atoms with Gasteiger partial charge in [-0.25, -0.2) is 8.42 Å². The number of anilines is 1. The molecule has 0 spiro atoms. The van der Waals surface area contributed by atoms with Gasteiger partial charge in [-0.3, -0.25) is 9.10 Å². The first kappa shape index (κ1) is 17.8. The lowest BCUT2D eigenvalue weighted by Gasteiger charge is -2.33. The Bertz CT molecular complexity index is 608. The summed E-state index contributed by atoms with van der Waals surface area (Å²) in [5.74, 6) is -0.0799. The number of hydrogen-bond acceptors (Lipinski definition) is 3. The number of amides is 1. The Morgan fingerprint density at radius 3 is 2.17 bits per heavy atom. The zero-order valence-electron chi connectivity index (χ0n) is 13.9. The largest absolute Gasteiger partial charge is 0.341 e. The molecule has 0 saturated carbocycles. The summed E-state index contributed by atoms with van der Waals surface area (Å²) >= 11 is 0. The third kappa shape index (κ3) is 4.47. The molecule has 1 aliphatic rings. The highest BCUT2D eigenvalue weighted by Gasteiger charge is 2.34. The number of nitrogens with zero attached hydrogens (tertiary/aromatic N) is 2. The van der Waals surface area contributed by atoms with Gasteiger partial charge in [-0.15, -0.1) is 0 Å². The summed E-state index contributed by atoms with van der Waals surface area (Å²) in [6.45, 7) is 3.31. The van der Waals surface area contributed by atoms with E-state index in [0.717, 1.165) is 38.8 Å². The fourth-order valence-corrected chi connectivity index (χ4v) is 4.33. The molecule has 1 aromatic carbocycles. The molecule has 0 aliphatic carbocycles. The SMILES string of the molecule is CC[C@@H](C(=O)N1CCCCCC1)N(c1ccccc1)S(C)(=O)=O. The number of carbonyl (C=O) groups is 1. The van der Waals surface area contributed by atoms with E-state index in [-0.39, 0.29) is 5.91 Å². The van der Waals surface area contributed by atoms with E-state index >= 15 is 0 Å². The molecular formula is C17H26N2O3S. The molecule has 0 N–H and O–H groups in total. The van der Waals surface area contributed by atoms with Crippen molar-refractivity contribution in [1.82, 2.24) is 4.90 Å². The van der Waals surface area contributed by atoms with Crippen molar-refractivity contribution in [1.29, 1.82) is 0 Å². The van der Waals surface area contributed by atoms with Gasteiger partial charge in [0.25, 0.3) is 0 Å². The number of carbonyl (C=O) groups excluding carboxylic acids is 1. The Labute approximate surface area is 139 Å². The summed E-state index contributed by atoms with van der Waals surface area (Å²) in [6.07, 6.45) is 5.87. The summed E-state index contributed by atoms with van der Waals surface area (Å²) in [5, 5.41) is 0. The minimum Gasteiger partial charge on any atom is -0.341 e. The first-order valence-corrected chi connectivity index (χ1v) is 10.1. The maximum absolute atomic E-state index is 13.0. The Hall–Kier alpha value is -1.56. The van der Waals surface area contributed by atoms with E-state index in [9.17, 15) is 13.2 Å². The van der Waals surface area contributed by atoms with Gasteiger partial charge in [0.2, 0.25) is 15.9 Å². The van der Waals surface area contributed by atoms with Crippen molar-refractivity contribution >= 4 is 21.6 Å². The van der Waals surface area contributed by atoms with Crippen LogP contribution in [0.15, 0.2) is 30.3 Å². The average molecular weight is 338 g/mol. The van der Waals surface area contributed by atoms with Crippen LogP contribution in [-0.2, 0) is 14.8 Å². The van der Waals surface area contributed by atoms with Crippen LogP contribution in [0.1, 0.15) is 39.0 Å². The maximum atomic E-state index is 13.0. The topological polar surface area (TPSA) is 57.7 Å². The maximum Gasteiger partial charge on any atom is 0.246 e. The van der Waals surface area contributed by atoms with Crippen molar-refractivity contribution in [3.05, 3.63) is 30.3 Å². The fourth-order valence-electron chi connectivity index (χ4n) is 3.12. The van der Waals surface area contributed by atoms with Gasteiger partial charge in [-0.05, 0) is 31.4 Å². The van der Waals surface area contributed by atoms with Gasteiger partial charge in [-0.2, -0.15) is 0 Å². The van der Waals surface area contributed by atoms with Crippen LogP contribution in [0.3, 0.4) is 0 Å². The smallest absolute Gasteiger partial charge is 0.246 e. The van der Waals surface area contributed by atoms with Crippen LogP contribution in [0.5, 0.6) is 0 Å². The lowest BCUT2D eigenvalue weighted by atomic mass is 10.1. The molecule has 128 valence electrons. The predicted octanol–water partition coefficient (Wildman–Crippen LogP) is 2.63. The van der Waals surface area contributed by atoms with E-state index in [4.69, 9.17) is 0 Å². The van der Waals surface area contributed by atoms with Crippen molar-refractivity contribution in [3.8, 4) is 0 Å². The van der Waals surface area contributed by atoms with Crippen LogP contribution in [0.2, 0.25) is 0 Å². The molecule has 0 unspecified atom stereocenters. The Morgan fingerprint density at radius 1 is 1.13 bits per heavy atom. The second-order valence-corrected chi connectivity index (χ2v) is 7.92. The molecule has 0 radical (unpaired) electrons. The molecule has 1 aromatic rings. The van der Waals surface area contributed by atoms with Gasteiger partial charge in [-0.1, -0.05) is 38.0 Å². The molecule has 6 heteroatoms. The second kappa shape index (κ2) is 7.81. The quantitative estimate of drug-likeness (QED) is 0.829. The molecule has 1 atom stereocenters. The molecule has 1 amide bonds. The van der Waals surface area contributed by atoms with Crippen LogP contribution in [-0.4, -0.2) is 44.6 Å². The van der Waals surface area contributed by atoms with Crippen molar-refractivity contribution < 1.29 is 13.2 Å². The van der Waals surface area contributed by atoms with Gasteiger partial charge in [0.05, 0.1) is 11.9 Å². The summed E-state index contributed by atoms with van der Waals surface area (Å²) < 4.78 is 26.0. The third-order valence-corrected chi connectivity index (χ3v) is 5.42. The zero-order chi connectivity index (χ0) is 16.9. The molecule has 1 fully saturated rings. The second-order valence-electron chi connectivity index (χ2n) is 6.06. The summed E-state index contributed by atoms with van der Waals surface area (Å²) in [5.41, 5.74) is 0.546. The molecule has 0 aromatic heterocycles. The molecule has 0 bridgehead atoms. The number of likely N-dealkylation sites (tertiary alicyclic amines) is 1. The third-order valence-electron chi connectivity index (χ3n) is 4.24. The standard InChI is InChI=1S/C17H26N2O3S/c1-3-16(17(20)18-13-9-4-5-10-14-18)19(23(2,21)22)15-11-7-6-8-12-15/h6-8,11-12,16H,3-5,9-10,13-14H2,1-2H3/t16-/m0/s1. The monoisotopic (exact) mass is 338 g/mol. The molecule has 1 heterocycles. The van der Waals surface area contributed by atoms with Crippen molar-refractivity contribution in [2.45, 2.75) is 45.1 Å². The molecular weight excluding hydrogens is 312 g/mol. The first-order chi connectivity index (χ1) is 10.9. The Morgan fingerprint density at radius 2 is 1.70 bits per heavy atom. The highest BCUT2D eigenvalue weighted by Crippen LogP contribution is 2.24. The predicted molar refractivity (Wildman–Crippen MR) is 92.9 cm³/mol. The van der Waals surface area contributed by atoms with E-state index < -0.39 is 16.1 Å². The minimum atomic E-state index is -3.54. The lowest BCUT2D eigenvalue weighted by molar-refractivity contribution is -0.132. The molecule has 1 saturated heterocycles. The van der Waals surface area contributed by atoms with E-state index in [2.05, 4.69) is 0 Å². The molecule has 5 nitrogen and oxygen atoms in total. The van der Waals surface area contributed by atoms with Gasteiger partial charge in [0, 0.05) is 13.1 Å². The highest BCUT2D eigenvalue weighted by atomic mass is 32.2. The number of hydrogen-bond donors (Lipinski definition) is 0. The highest BCUT2D eigenvalue weighted by molar-refractivity contribution is 7.92. The van der Waals surface area contributed by atoms with Crippen LogP contribution >= 0.6 is 0 Å². The van der Waals surface area contributed by atoms with Gasteiger partial charge < -0.3 is 4.90 Å². The zero-order valence-corrected chi connectivity index (χ0v) is 14.8. The van der Waals surface area contributed by atoms with Gasteiger partial charge in [0.15, 0.2) is 0 Å². The minimum absolute atomic E-state index is 0.0799. The van der Waals surface area contributed by atoms with Crippen molar-refractivity contribution in [2.24, 2.45) is 0 Å². The number of rotatable bonds is 5. The lowest BCUT2D eigenvalue weighted by Crippen LogP contribution is -2.51. The fraction of sp³-hybridized carbons (Fsp3) is 0.588. The first-order valence-electron chi connectivity index (χ1n) is 8.28. The van der Waals surface area contributed by atoms with Crippen LogP contribution < -0.4 is 4.31 Å². The van der Waals surface area contributed by atoms with Gasteiger partial charge >= 0.3 is 0 Å². The summed E-state index contributed by atoms with van der Waals surface area (Å²) in [7, 11) is -3.54. The van der Waals surface area contributed by atoms with Crippen LogP contribution in [0, 0.1) is 0 Å². The van der Waals surface area contributed by atoms with Gasteiger partial charge in [0.1, 0.15) is 6.04 Å². The molecule has 23 heavy (non-hydrogen) atoms. The number of sulfonamides is 1. The summed E-state index contributed by atoms with van der Waals surface area (Å²) in [4.78, 5) is 14.8. The number of benzene rings is 1.